The molecule has 1 aromatic carbocycles. The molecule has 22 heavy (non-hydrogen) atoms. The molecular weight excluding hydrogens is 344 g/mol. The van der Waals surface area contributed by atoms with Crippen LogP contribution in [-0.4, -0.2) is 23.9 Å². The van der Waals surface area contributed by atoms with Gasteiger partial charge in [-0.15, -0.1) is 0 Å². The molecule has 1 atom stereocenters. The van der Waals surface area contributed by atoms with Crippen molar-refractivity contribution in [3.63, 3.8) is 0 Å². The predicted octanol–water partition coefficient (Wildman–Crippen LogP) is 4.16. The highest BCUT2D eigenvalue weighted by Gasteiger charge is 2.24. The lowest BCUT2D eigenvalue weighted by Crippen LogP contribution is -2.38. The molecule has 3 rings (SSSR count). The number of carbonyl (C=O) groups is 1. The Balaban J connectivity index is 1.81. The molecule has 0 saturated carbocycles. The summed E-state index contributed by atoms with van der Waals surface area (Å²) in [5, 5.41) is 0. The zero-order chi connectivity index (χ0) is 15.7. The number of nitrogen functional groups attached to an aromatic ring is 1. The number of piperidine rings is 1. The van der Waals surface area contributed by atoms with E-state index >= 15 is 0 Å². The average molecular weight is 363 g/mol. The summed E-state index contributed by atoms with van der Waals surface area (Å²) >= 11 is 3.37. The molecule has 2 aromatic rings. The minimum absolute atomic E-state index is 0.0251. The van der Waals surface area contributed by atoms with Crippen molar-refractivity contribution in [1.82, 2.24) is 4.90 Å². The number of hydrogen-bond acceptors (Lipinski definition) is 3. The van der Waals surface area contributed by atoms with Crippen LogP contribution >= 0.6 is 15.9 Å². The summed E-state index contributed by atoms with van der Waals surface area (Å²) in [6.45, 7) is 3.79. The predicted molar refractivity (Wildman–Crippen MR) is 90.6 cm³/mol. The first-order valence-electron chi connectivity index (χ1n) is 7.49. The van der Waals surface area contributed by atoms with Gasteiger partial charge in [-0.05, 0) is 65.0 Å². The summed E-state index contributed by atoms with van der Waals surface area (Å²) in [6.07, 6.45) is 2.25. The Morgan fingerprint density at radius 1 is 1.36 bits per heavy atom. The van der Waals surface area contributed by atoms with Gasteiger partial charge in [0, 0.05) is 28.8 Å². The fourth-order valence-electron chi connectivity index (χ4n) is 2.83. The fraction of sp³-hybridized carbons (Fsp3) is 0.353. The third kappa shape index (κ3) is 3.04. The Hall–Kier alpha value is -1.75. The van der Waals surface area contributed by atoms with Gasteiger partial charge >= 0.3 is 0 Å². The number of anilines is 1. The lowest BCUT2D eigenvalue weighted by atomic mass is 10.0. The molecule has 2 heterocycles. The topological polar surface area (TPSA) is 59.5 Å². The maximum absolute atomic E-state index is 12.5. The fourth-order valence-corrected chi connectivity index (χ4v) is 3.08. The van der Waals surface area contributed by atoms with Crippen LogP contribution in [-0.2, 0) is 0 Å². The monoisotopic (exact) mass is 362 g/mol. The maximum atomic E-state index is 12.5. The molecular formula is C17H19BrN2O2. The molecule has 0 spiro atoms. The van der Waals surface area contributed by atoms with Gasteiger partial charge < -0.3 is 15.1 Å². The van der Waals surface area contributed by atoms with E-state index in [1.54, 1.807) is 6.07 Å². The van der Waals surface area contributed by atoms with Gasteiger partial charge in [0.15, 0.2) is 5.76 Å². The van der Waals surface area contributed by atoms with E-state index in [0.29, 0.717) is 23.1 Å². The summed E-state index contributed by atoms with van der Waals surface area (Å²) in [7, 11) is 0. The van der Waals surface area contributed by atoms with Crippen molar-refractivity contribution in [2.75, 3.05) is 18.8 Å². The van der Waals surface area contributed by atoms with Crippen molar-refractivity contribution in [2.24, 2.45) is 5.92 Å². The summed E-state index contributed by atoms with van der Waals surface area (Å²) < 4.78 is 6.60. The minimum atomic E-state index is -0.0251. The smallest absolute Gasteiger partial charge is 0.289 e. The van der Waals surface area contributed by atoms with E-state index in [4.69, 9.17) is 10.2 Å². The number of amides is 1. The minimum Gasteiger partial charge on any atom is -0.451 e. The Labute approximate surface area is 138 Å². The molecule has 116 valence electrons. The summed E-state index contributed by atoms with van der Waals surface area (Å²) in [5.41, 5.74) is 7.41. The van der Waals surface area contributed by atoms with Crippen LogP contribution in [0.4, 0.5) is 5.69 Å². The van der Waals surface area contributed by atoms with Gasteiger partial charge in [0.1, 0.15) is 5.76 Å². The summed E-state index contributed by atoms with van der Waals surface area (Å²) in [6, 6.07) is 9.19. The Kier molecular flexibility index (Phi) is 4.25. The van der Waals surface area contributed by atoms with Crippen molar-refractivity contribution < 1.29 is 9.21 Å². The zero-order valence-corrected chi connectivity index (χ0v) is 14.1. The molecule has 1 aromatic heterocycles. The second-order valence-electron chi connectivity index (χ2n) is 5.90. The molecule has 1 saturated heterocycles. The number of rotatable bonds is 2. The van der Waals surface area contributed by atoms with Gasteiger partial charge in [-0.2, -0.15) is 0 Å². The second kappa shape index (κ2) is 6.16. The number of nitrogens with two attached hydrogens (primary N) is 1. The van der Waals surface area contributed by atoms with E-state index in [0.717, 1.165) is 29.5 Å². The average Bonchev–Trinajstić information content (AvgIpc) is 2.99. The SMILES string of the molecule is C[C@H]1CCCN(C(=O)c2ccc(-c3ccc(Br)c(N)c3)o2)C1. The first-order valence-corrected chi connectivity index (χ1v) is 8.28. The number of halogens is 1. The number of hydrogen-bond donors (Lipinski definition) is 1. The molecule has 0 aliphatic carbocycles. The van der Waals surface area contributed by atoms with Crippen LogP contribution in [0.1, 0.15) is 30.3 Å². The third-order valence-corrected chi connectivity index (χ3v) is 4.76. The zero-order valence-electron chi connectivity index (χ0n) is 12.5. The molecule has 1 fully saturated rings. The van der Waals surface area contributed by atoms with Crippen molar-refractivity contribution in [2.45, 2.75) is 19.8 Å². The van der Waals surface area contributed by atoms with Gasteiger partial charge in [-0.1, -0.05) is 6.92 Å². The molecule has 0 unspecified atom stereocenters. The lowest BCUT2D eigenvalue weighted by molar-refractivity contribution is 0.0652. The quantitative estimate of drug-likeness (QED) is 0.815. The van der Waals surface area contributed by atoms with Crippen LogP contribution in [0.3, 0.4) is 0 Å². The molecule has 2 N–H and O–H groups in total. The van der Waals surface area contributed by atoms with E-state index in [2.05, 4.69) is 22.9 Å². The molecule has 1 aliphatic rings. The van der Waals surface area contributed by atoms with Crippen LogP contribution in [0, 0.1) is 5.92 Å². The highest BCUT2D eigenvalue weighted by atomic mass is 79.9. The standard InChI is InChI=1S/C17H19BrN2O2/c1-11-3-2-8-20(10-11)17(21)16-7-6-15(22-16)12-4-5-13(18)14(19)9-12/h4-7,9,11H,2-3,8,10,19H2,1H3/t11-/m0/s1. The van der Waals surface area contributed by atoms with Crippen LogP contribution in [0.2, 0.25) is 0 Å². The number of likely N-dealkylation sites (tertiary alicyclic amines) is 1. The summed E-state index contributed by atoms with van der Waals surface area (Å²) in [4.78, 5) is 14.4. The lowest BCUT2D eigenvalue weighted by Gasteiger charge is -2.30. The summed E-state index contributed by atoms with van der Waals surface area (Å²) in [5.74, 6) is 1.58. The first kappa shape index (κ1) is 15.2. The number of furan rings is 1. The van der Waals surface area contributed by atoms with Gasteiger partial charge in [0.2, 0.25) is 0 Å². The van der Waals surface area contributed by atoms with Crippen LogP contribution in [0.15, 0.2) is 39.2 Å². The van der Waals surface area contributed by atoms with Gasteiger partial charge in [0.25, 0.3) is 5.91 Å². The number of benzene rings is 1. The van der Waals surface area contributed by atoms with E-state index in [1.807, 2.05) is 29.2 Å². The molecule has 0 bridgehead atoms. The Morgan fingerprint density at radius 3 is 2.91 bits per heavy atom. The van der Waals surface area contributed by atoms with Crippen LogP contribution < -0.4 is 5.73 Å². The Morgan fingerprint density at radius 2 is 2.18 bits per heavy atom. The molecule has 0 radical (unpaired) electrons. The number of nitrogens with zero attached hydrogens (tertiary/aromatic N) is 1. The molecule has 4 nitrogen and oxygen atoms in total. The second-order valence-corrected chi connectivity index (χ2v) is 6.75. The largest absolute Gasteiger partial charge is 0.451 e. The highest BCUT2D eigenvalue weighted by molar-refractivity contribution is 9.10. The normalized spacial score (nSPS) is 18.5. The van der Waals surface area contributed by atoms with Gasteiger partial charge in [-0.25, -0.2) is 0 Å². The van der Waals surface area contributed by atoms with Crippen molar-refractivity contribution in [1.29, 1.82) is 0 Å². The van der Waals surface area contributed by atoms with Gasteiger partial charge in [-0.3, -0.25) is 4.79 Å². The third-order valence-electron chi connectivity index (χ3n) is 4.04. The molecule has 5 heteroatoms. The Bertz CT molecular complexity index is 696. The van der Waals surface area contributed by atoms with E-state index in [9.17, 15) is 4.79 Å². The number of carbonyl (C=O) groups excluding carboxylic acids is 1. The van der Waals surface area contributed by atoms with E-state index in [-0.39, 0.29) is 5.91 Å². The van der Waals surface area contributed by atoms with Gasteiger partial charge in [0.05, 0.1) is 0 Å². The maximum Gasteiger partial charge on any atom is 0.289 e. The van der Waals surface area contributed by atoms with Crippen LogP contribution in [0.5, 0.6) is 0 Å². The first-order chi connectivity index (χ1) is 10.5. The van der Waals surface area contributed by atoms with Crippen molar-refractivity contribution in [3.05, 3.63) is 40.6 Å². The highest BCUT2D eigenvalue weighted by Crippen LogP contribution is 2.29. The van der Waals surface area contributed by atoms with Crippen molar-refractivity contribution >= 4 is 27.5 Å². The van der Waals surface area contributed by atoms with E-state index in [1.165, 1.54) is 6.42 Å². The molecule has 1 aliphatic heterocycles. The molecule has 1 amide bonds. The van der Waals surface area contributed by atoms with Crippen LogP contribution in [0.25, 0.3) is 11.3 Å². The van der Waals surface area contributed by atoms with E-state index < -0.39 is 0 Å². The van der Waals surface area contributed by atoms with Crippen molar-refractivity contribution in [3.8, 4) is 11.3 Å².